The van der Waals surface area contributed by atoms with Crippen LogP contribution in [-0.4, -0.2) is 59.6 Å². The molecular formula is C30H28N4O3. The first kappa shape index (κ1) is 24.2. The van der Waals surface area contributed by atoms with Crippen molar-refractivity contribution in [3.05, 3.63) is 108 Å². The van der Waals surface area contributed by atoms with Crippen LogP contribution in [0.4, 0.5) is 5.82 Å². The number of anilines is 1. The normalized spacial score (nSPS) is 13.3. The zero-order valence-corrected chi connectivity index (χ0v) is 20.7. The molecule has 1 fully saturated rings. The molecule has 7 nitrogen and oxygen atoms in total. The van der Waals surface area contributed by atoms with E-state index in [9.17, 15) is 9.59 Å². The maximum absolute atomic E-state index is 12.7. The van der Waals surface area contributed by atoms with Gasteiger partial charge in [0.1, 0.15) is 5.75 Å². The van der Waals surface area contributed by atoms with E-state index in [2.05, 4.69) is 28.1 Å². The predicted molar refractivity (Wildman–Crippen MR) is 143 cm³/mol. The molecule has 5 rings (SSSR count). The summed E-state index contributed by atoms with van der Waals surface area (Å²) in [5.41, 5.74) is 4.31. The summed E-state index contributed by atoms with van der Waals surface area (Å²) in [6.45, 7) is 4.56. The summed E-state index contributed by atoms with van der Waals surface area (Å²) in [5, 5.41) is 8.85. The summed E-state index contributed by atoms with van der Waals surface area (Å²) in [6.07, 6.45) is 0. The molecule has 1 amide bonds. The summed E-state index contributed by atoms with van der Waals surface area (Å²) >= 11 is 0. The van der Waals surface area contributed by atoms with Crippen molar-refractivity contribution in [2.24, 2.45) is 0 Å². The molecule has 1 aliphatic rings. The molecular weight excluding hydrogens is 464 g/mol. The maximum Gasteiger partial charge on any atom is 0.260 e. The van der Waals surface area contributed by atoms with Crippen molar-refractivity contribution in [2.75, 3.05) is 37.7 Å². The summed E-state index contributed by atoms with van der Waals surface area (Å²) in [7, 11) is 0. The van der Waals surface area contributed by atoms with Gasteiger partial charge in [-0.15, -0.1) is 10.2 Å². The molecule has 186 valence electrons. The Morgan fingerprint density at radius 2 is 1.43 bits per heavy atom. The average molecular weight is 493 g/mol. The van der Waals surface area contributed by atoms with Gasteiger partial charge < -0.3 is 14.5 Å². The van der Waals surface area contributed by atoms with Crippen LogP contribution in [0.5, 0.6) is 5.75 Å². The molecule has 2 heterocycles. The highest BCUT2D eigenvalue weighted by atomic mass is 16.5. The molecule has 4 aromatic rings. The lowest BCUT2D eigenvalue weighted by Crippen LogP contribution is -2.50. The largest absolute Gasteiger partial charge is 0.484 e. The molecule has 0 radical (unpaired) electrons. The number of carbonyl (C=O) groups excluding carboxylic acids is 2. The van der Waals surface area contributed by atoms with Gasteiger partial charge in [0.2, 0.25) is 0 Å². The number of ketones is 1. The van der Waals surface area contributed by atoms with Crippen LogP contribution in [0.3, 0.4) is 0 Å². The Balaban J connectivity index is 1.10. The van der Waals surface area contributed by atoms with Crippen LogP contribution in [0.15, 0.2) is 91.0 Å². The number of aryl methyl sites for hydroxylation is 1. The van der Waals surface area contributed by atoms with Crippen LogP contribution in [-0.2, 0) is 4.79 Å². The van der Waals surface area contributed by atoms with Gasteiger partial charge in [-0.1, -0.05) is 54.6 Å². The van der Waals surface area contributed by atoms with E-state index in [0.29, 0.717) is 43.1 Å². The molecule has 1 aliphatic heterocycles. The summed E-state index contributed by atoms with van der Waals surface area (Å²) in [5.74, 6) is 1.26. The number of hydrogen-bond donors (Lipinski definition) is 0. The quantitative estimate of drug-likeness (QED) is 0.356. The Kier molecular flexibility index (Phi) is 7.21. The third-order valence-corrected chi connectivity index (χ3v) is 6.54. The number of amides is 1. The number of piperazine rings is 1. The Labute approximate surface area is 216 Å². The first-order valence-electron chi connectivity index (χ1n) is 12.3. The van der Waals surface area contributed by atoms with Gasteiger partial charge in [0, 0.05) is 42.9 Å². The number of aromatic nitrogens is 2. The smallest absolute Gasteiger partial charge is 0.260 e. The Morgan fingerprint density at radius 3 is 2.11 bits per heavy atom. The fraction of sp³-hybridized carbons (Fsp3) is 0.200. The predicted octanol–water partition coefficient (Wildman–Crippen LogP) is 4.41. The second-order valence-corrected chi connectivity index (χ2v) is 8.97. The second-order valence-electron chi connectivity index (χ2n) is 8.97. The first-order valence-corrected chi connectivity index (χ1v) is 12.3. The maximum atomic E-state index is 12.7. The molecule has 0 atom stereocenters. The van der Waals surface area contributed by atoms with Gasteiger partial charge in [-0.05, 0) is 48.9 Å². The summed E-state index contributed by atoms with van der Waals surface area (Å²) < 4.78 is 5.70. The highest BCUT2D eigenvalue weighted by Crippen LogP contribution is 2.22. The number of rotatable bonds is 7. The lowest BCUT2D eigenvalue weighted by molar-refractivity contribution is -0.133. The monoisotopic (exact) mass is 492 g/mol. The van der Waals surface area contributed by atoms with Crippen LogP contribution < -0.4 is 9.64 Å². The van der Waals surface area contributed by atoms with Crippen LogP contribution in [0.25, 0.3) is 11.3 Å². The lowest BCUT2D eigenvalue weighted by atomic mass is 10.0. The molecule has 0 spiro atoms. The molecule has 0 unspecified atom stereocenters. The summed E-state index contributed by atoms with van der Waals surface area (Å²) in [6, 6.07) is 28.1. The number of benzene rings is 3. The standard InChI is InChI=1S/C30H28N4O3/c1-22-7-5-6-10-26(22)27-15-16-28(32-31-27)33-17-19-34(20-18-33)29(35)21-37-25-13-11-24(12-14-25)30(36)23-8-3-2-4-9-23/h2-16H,17-21H2,1H3. The zero-order chi connectivity index (χ0) is 25.6. The molecule has 1 saturated heterocycles. The van der Waals surface area contributed by atoms with Gasteiger partial charge in [0.05, 0.1) is 5.69 Å². The molecule has 7 heteroatoms. The van der Waals surface area contributed by atoms with E-state index in [4.69, 9.17) is 4.74 Å². The van der Waals surface area contributed by atoms with Crippen molar-refractivity contribution in [3.63, 3.8) is 0 Å². The molecule has 0 aliphatic carbocycles. The molecule has 37 heavy (non-hydrogen) atoms. The fourth-order valence-electron chi connectivity index (χ4n) is 4.38. The number of nitrogens with zero attached hydrogens (tertiary/aromatic N) is 4. The van der Waals surface area contributed by atoms with E-state index in [-0.39, 0.29) is 18.3 Å². The Hall–Kier alpha value is -4.52. The van der Waals surface area contributed by atoms with Crippen LogP contribution in [0.1, 0.15) is 21.5 Å². The molecule has 3 aromatic carbocycles. The van der Waals surface area contributed by atoms with Crippen molar-refractivity contribution in [3.8, 4) is 17.0 Å². The highest BCUT2D eigenvalue weighted by Gasteiger charge is 2.22. The van der Waals surface area contributed by atoms with Crippen LogP contribution in [0, 0.1) is 6.92 Å². The van der Waals surface area contributed by atoms with Crippen molar-refractivity contribution in [2.45, 2.75) is 6.92 Å². The Morgan fingerprint density at radius 1 is 0.757 bits per heavy atom. The van der Waals surface area contributed by atoms with Gasteiger partial charge in [-0.2, -0.15) is 0 Å². The van der Waals surface area contributed by atoms with E-state index in [1.165, 1.54) is 0 Å². The number of ether oxygens (including phenoxy) is 1. The number of hydrogen-bond acceptors (Lipinski definition) is 6. The second kappa shape index (κ2) is 11.0. The fourth-order valence-corrected chi connectivity index (χ4v) is 4.38. The summed E-state index contributed by atoms with van der Waals surface area (Å²) in [4.78, 5) is 29.2. The lowest BCUT2D eigenvalue weighted by Gasteiger charge is -2.35. The van der Waals surface area contributed by atoms with Crippen molar-refractivity contribution in [1.29, 1.82) is 0 Å². The number of carbonyl (C=O) groups is 2. The van der Waals surface area contributed by atoms with Gasteiger partial charge in [-0.3, -0.25) is 9.59 Å². The van der Waals surface area contributed by atoms with Crippen LogP contribution >= 0.6 is 0 Å². The minimum atomic E-state index is -0.0647. The molecule has 0 bridgehead atoms. The van der Waals surface area contributed by atoms with E-state index >= 15 is 0 Å². The highest BCUT2D eigenvalue weighted by molar-refractivity contribution is 6.09. The topological polar surface area (TPSA) is 75.6 Å². The Bertz CT molecular complexity index is 1360. The molecule has 0 N–H and O–H groups in total. The van der Waals surface area contributed by atoms with Crippen molar-refractivity contribution < 1.29 is 14.3 Å². The van der Waals surface area contributed by atoms with Crippen molar-refractivity contribution in [1.82, 2.24) is 15.1 Å². The molecule has 0 saturated carbocycles. The average Bonchev–Trinajstić information content (AvgIpc) is 2.97. The SMILES string of the molecule is Cc1ccccc1-c1ccc(N2CCN(C(=O)COc3ccc(C(=O)c4ccccc4)cc3)CC2)nn1. The van der Waals surface area contributed by atoms with Gasteiger partial charge in [0.15, 0.2) is 18.2 Å². The van der Waals surface area contributed by atoms with Gasteiger partial charge in [0.25, 0.3) is 5.91 Å². The third kappa shape index (κ3) is 5.67. The third-order valence-electron chi connectivity index (χ3n) is 6.54. The van der Waals surface area contributed by atoms with E-state index in [0.717, 1.165) is 22.6 Å². The van der Waals surface area contributed by atoms with Crippen LogP contribution in [0.2, 0.25) is 0 Å². The van der Waals surface area contributed by atoms with E-state index in [1.807, 2.05) is 48.5 Å². The van der Waals surface area contributed by atoms with E-state index in [1.54, 1.807) is 41.3 Å². The minimum absolute atomic E-state index is 0.0447. The van der Waals surface area contributed by atoms with E-state index < -0.39 is 0 Å². The minimum Gasteiger partial charge on any atom is -0.484 e. The van der Waals surface area contributed by atoms with Gasteiger partial charge in [-0.25, -0.2) is 0 Å². The van der Waals surface area contributed by atoms with Gasteiger partial charge >= 0.3 is 0 Å². The van der Waals surface area contributed by atoms with Crippen molar-refractivity contribution >= 4 is 17.5 Å². The first-order chi connectivity index (χ1) is 18.1. The zero-order valence-electron chi connectivity index (χ0n) is 20.7. The molecule has 1 aromatic heterocycles.